The first-order valence-corrected chi connectivity index (χ1v) is 10.3. The summed E-state index contributed by atoms with van der Waals surface area (Å²) in [6.45, 7) is 4.63. The topological polar surface area (TPSA) is 47.6 Å². The van der Waals surface area contributed by atoms with E-state index in [4.69, 9.17) is 32.7 Å². The van der Waals surface area contributed by atoms with Crippen molar-refractivity contribution in [2.45, 2.75) is 5.92 Å². The number of rotatable bonds is 6. The van der Waals surface area contributed by atoms with Crippen LogP contribution >= 0.6 is 23.2 Å². The number of hydrogen-bond acceptors (Lipinski definition) is 3. The average Bonchev–Trinajstić information content (AvgIpc) is 3.05. The molecule has 4 rings (SSSR count). The van der Waals surface area contributed by atoms with Crippen LogP contribution in [0.1, 0.15) is 22.6 Å². The van der Waals surface area contributed by atoms with Crippen LogP contribution < -0.4 is 10.1 Å². The minimum atomic E-state index is -0.488. The van der Waals surface area contributed by atoms with E-state index in [0.29, 0.717) is 21.4 Å². The SMILES string of the molecule is [CH2]c1cc(Cl)cc(Cl)c1OCCNC(=O)OCC1c2ccccc2-c2ccccc21. The second kappa shape index (κ2) is 8.99. The lowest BCUT2D eigenvalue weighted by molar-refractivity contribution is 0.141. The third kappa shape index (κ3) is 4.25. The van der Waals surface area contributed by atoms with E-state index in [1.54, 1.807) is 12.1 Å². The first kappa shape index (κ1) is 20.6. The van der Waals surface area contributed by atoms with Gasteiger partial charge in [0, 0.05) is 10.9 Å². The summed E-state index contributed by atoms with van der Waals surface area (Å²) in [5.74, 6) is 0.483. The molecule has 0 fully saturated rings. The summed E-state index contributed by atoms with van der Waals surface area (Å²) in [4.78, 5) is 12.2. The summed E-state index contributed by atoms with van der Waals surface area (Å²) in [7, 11) is 0. The largest absolute Gasteiger partial charge is 0.490 e. The number of carbonyl (C=O) groups excluding carboxylic acids is 1. The molecule has 0 saturated heterocycles. The van der Waals surface area contributed by atoms with Crippen LogP contribution in [0, 0.1) is 6.92 Å². The second-order valence-electron chi connectivity index (χ2n) is 6.98. The Labute approximate surface area is 185 Å². The van der Waals surface area contributed by atoms with Crippen molar-refractivity contribution in [3.63, 3.8) is 0 Å². The lowest BCUT2D eigenvalue weighted by Gasteiger charge is -2.15. The Morgan fingerprint density at radius 1 is 1.00 bits per heavy atom. The van der Waals surface area contributed by atoms with Gasteiger partial charge in [0.25, 0.3) is 0 Å². The van der Waals surface area contributed by atoms with Crippen LogP contribution in [-0.2, 0) is 4.74 Å². The Balaban J connectivity index is 1.30. The molecule has 0 bridgehead atoms. The first-order valence-electron chi connectivity index (χ1n) is 9.57. The highest BCUT2D eigenvalue weighted by molar-refractivity contribution is 6.35. The Kier molecular flexibility index (Phi) is 6.16. The maximum atomic E-state index is 12.2. The zero-order valence-corrected chi connectivity index (χ0v) is 17.7. The van der Waals surface area contributed by atoms with E-state index in [9.17, 15) is 4.79 Å². The smallest absolute Gasteiger partial charge is 0.407 e. The predicted octanol–water partition coefficient (Wildman–Crippen LogP) is 6.09. The highest BCUT2D eigenvalue weighted by atomic mass is 35.5. The summed E-state index contributed by atoms with van der Waals surface area (Å²) in [5.41, 5.74) is 5.33. The Morgan fingerprint density at radius 2 is 1.63 bits per heavy atom. The molecule has 3 aromatic rings. The number of fused-ring (bicyclic) bond motifs is 3. The van der Waals surface area contributed by atoms with Gasteiger partial charge < -0.3 is 14.8 Å². The molecular formula is C24H20Cl2NO3. The molecule has 6 heteroatoms. The van der Waals surface area contributed by atoms with Gasteiger partial charge in [-0.15, -0.1) is 0 Å². The summed E-state index contributed by atoms with van der Waals surface area (Å²) in [6.07, 6.45) is -0.488. The number of carbonyl (C=O) groups is 1. The van der Waals surface area contributed by atoms with Crippen LogP contribution in [0.3, 0.4) is 0 Å². The second-order valence-corrected chi connectivity index (χ2v) is 7.82. The Morgan fingerprint density at radius 3 is 2.27 bits per heavy atom. The Bertz CT molecular complexity index is 1020. The summed E-state index contributed by atoms with van der Waals surface area (Å²) in [5, 5.41) is 3.58. The molecule has 0 unspecified atom stereocenters. The zero-order valence-electron chi connectivity index (χ0n) is 16.2. The van der Waals surface area contributed by atoms with Gasteiger partial charge in [0.1, 0.15) is 19.0 Å². The molecule has 1 amide bonds. The minimum absolute atomic E-state index is 0.0287. The number of hydrogen-bond donors (Lipinski definition) is 1. The van der Waals surface area contributed by atoms with E-state index in [2.05, 4.69) is 36.5 Å². The number of alkyl carbamates (subject to hydrolysis) is 1. The van der Waals surface area contributed by atoms with Crippen molar-refractivity contribution in [3.05, 3.63) is 94.3 Å². The van der Waals surface area contributed by atoms with Crippen molar-refractivity contribution in [3.8, 4) is 16.9 Å². The molecule has 0 saturated carbocycles. The molecule has 0 aliphatic heterocycles. The van der Waals surface area contributed by atoms with Gasteiger partial charge in [-0.2, -0.15) is 0 Å². The number of benzene rings is 3. The van der Waals surface area contributed by atoms with Crippen LogP contribution in [-0.4, -0.2) is 25.9 Å². The van der Waals surface area contributed by atoms with Crippen LogP contribution in [0.4, 0.5) is 4.79 Å². The van der Waals surface area contributed by atoms with Gasteiger partial charge in [0.15, 0.2) is 0 Å². The molecule has 3 aromatic carbocycles. The van der Waals surface area contributed by atoms with Crippen LogP contribution in [0.15, 0.2) is 60.7 Å². The standard InChI is InChI=1S/C24H20Cl2NO3/c1-15-12-16(25)13-22(26)23(15)29-11-10-27-24(28)30-14-21-19-8-4-2-6-17(19)18-7-3-5-9-20(18)21/h2-9,12-13,21H,1,10-11,14H2,(H,27,28). The highest BCUT2D eigenvalue weighted by Crippen LogP contribution is 2.44. The third-order valence-corrected chi connectivity index (χ3v) is 5.55. The summed E-state index contributed by atoms with van der Waals surface area (Å²) in [6, 6.07) is 19.7. The van der Waals surface area contributed by atoms with E-state index in [1.807, 2.05) is 24.3 Å². The number of nitrogens with one attached hydrogen (secondary N) is 1. The number of ether oxygens (including phenoxy) is 2. The molecule has 1 aliphatic carbocycles. The zero-order chi connectivity index (χ0) is 21.1. The van der Waals surface area contributed by atoms with Crippen molar-refractivity contribution >= 4 is 29.3 Å². The van der Waals surface area contributed by atoms with Gasteiger partial charge in [0.05, 0.1) is 11.6 Å². The molecule has 1 N–H and O–H groups in total. The molecular weight excluding hydrogens is 421 g/mol. The fraction of sp³-hybridized carbons (Fsp3) is 0.167. The van der Waals surface area contributed by atoms with Crippen LogP contribution in [0.2, 0.25) is 10.0 Å². The van der Waals surface area contributed by atoms with E-state index in [-0.39, 0.29) is 25.7 Å². The monoisotopic (exact) mass is 440 g/mol. The number of amides is 1. The third-order valence-electron chi connectivity index (χ3n) is 5.05. The van der Waals surface area contributed by atoms with Crippen molar-refractivity contribution in [1.82, 2.24) is 5.32 Å². The van der Waals surface area contributed by atoms with Crippen molar-refractivity contribution in [2.75, 3.05) is 19.8 Å². The molecule has 0 aromatic heterocycles. The lowest BCUT2D eigenvalue weighted by Crippen LogP contribution is -2.30. The fourth-order valence-corrected chi connectivity index (χ4v) is 4.32. The van der Waals surface area contributed by atoms with E-state index in [0.717, 1.165) is 0 Å². The van der Waals surface area contributed by atoms with Gasteiger partial charge in [-0.05, 0) is 46.9 Å². The highest BCUT2D eigenvalue weighted by Gasteiger charge is 2.28. The van der Waals surface area contributed by atoms with Gasteiger partial charge in [-0.3, -0.25) is 0 Å². The summed E-state index contributed by atoms with van der Waals surface area (Å²) < 4.78 is 11.1. The van der Waals surface area contributed by atoms with Crippen molar-refractivity contribution in [2.24, 2.45) is 0 Å². The molecule has 0 atom stereocenters. The molecule has 0 spiro atoms. The average molecular weight is 441 g/mol. The Hall–Kier alpha value is -2.69. The molecule has 4 nitrogen and oxygen atoms in total. The van der Waals surface area contributed by atoms with Crippen molar-refractivity contribution < 1.29 is 14.3 Å². The van der Waals surface area contributed by atoms with Gasteiger partial charge in [-0.1, -0.05) is 71.7 Å². The van der Waals surface area contributed by atoms with Gasteiger partial charge in [0.2, 0.25) is 0 Å². The quantitative estimate of drug-likeness (QED) is 0.471. The predicted molar refractivity (Wildman–Crippen MR) is 119 cm³/mol. The molecule has 30 heavy (non-hydrogen) atoms. The molecule has 0 heterocycles. The lowest BCUT2D eigenvalue weighted by atomic mass is 9.98. The molecule has 153 valence electrons. The number of halogens is 2. The van der Waals surface area contributed by atoms with Gasteiger partial charge in [-0.25, -0.2) is 4.79 Å². The van der Waals surface area contributed by atoms with E-state index in [1.165, 1.54) is 22.3 Å². The van der Waals surface area contributed by atoms with Crippen molar-refractivity contribution in [1.29, 1.82) is 0 Å². The van der Waals surface area contributed by atoms with Crippen LogP contribution in [0.25, 0.3) is 11.1 Å². The minimum Gasteiger partial charge on any atom is -0.490 e. The van der Waals surface area contributed by atoms with Crippen LogP contribution in [0.5, 0.6) is 5.75 Å². The molecule has 1 aliphatic rings. The van der Waals surface area contributed by atoms with Gasteiger partial charge >= 0.3 is 6.09 Å². The fourth-order valence-electron chi connectivity index (χ4n) is 3.73. The maximum Gasteiger partial charge on any atom is 0.407 e. The first-order chi connectivity index (χ1) is 14.5. The maximum absolute atomic E-state index is 12.2. The summed E-state index contributed by atoms with van der Waals surface area (Å²) >= 11 is 12.0. The normalized spacial score (nSPS) is 12.2. The van der Waals surface area contributed by atoms with E-state index >= 15 is 0 Å². The van der Waals surface area contributed by atoms with E-state index < -0.39 is 6.09 Å². The molecule has 1 radical (unpaired) electrons.